The van der Waals surface area contributed by atoms with Crippen LogP contribution in [0, 0.1) is 0 Å². The summed E-state index contributed by atoms with van der Waals surface area (Å²) in [7, 11) is 1.75. The zero-order chi connectivity index (χ0) is 21.6. The van der Waals surface area contributed by atoms with Crippen LogP contribution in [0.5, 0.6) is 5.75 Å². The van der Waals surface area contributed by atoms with Gasteiger partial charge in [0.2, 0.25) is 12.5 Å². The van der Waals surface area contributed by atoms with Gasteiger partial charge >= 0.3 is 17.9 Å². The van der Waals surface area contributed by atoms with Crippen LogP contribution < -0.4 is 10.1 Å². The quantitative estimate of drug-likeness (QED) is 0.526. The molecule has 9 nitrogen and oxygen atoms in total. The third kappa shape index (κ3) is 6.31. The number of hydrogen-bond donors (Lipinski definition) is 1. The lowest BCUT2D eigenvalue weighted by atomic mass is 9.99. The second kappa shape index (κ2) is 10.1. The Kier molecular flexibility index (Phi) is 7.77. The van der Waals surface area contributed by atoms with Gasteiger partial charge < -0.3 is 29.0 Å². The molecule has 2 rings (SSSR count). The van der Waals surface area contributed by atoms with Gasteiger partial charge in [0.05, 0.1) is 0 Å². The van der Waals surface area contributed by atoms with E-state index in [4.69, 9.17) is 23.7 Å². The van der Waals surface area contributed by atoms with Crippen molar-refractivity contribution in [2.75, 3.05) is 19.0 Å². The van der Waals surface area contributed by atoms with E-state index in [0.29, 0.717) is 5.75 Å². The molecule has 0 bridgehead atoms. The molecule has 1 aromatic carbocycles. The molecule has 160 valence electrons. The van der Waals surface area contributed by atoms with Crippen LogP contribution in [0.4, 0.5) is 10.1 Å². The number of hydrogen-bond acceptors (Lipinski definition) is 9. The largest absolute Gasteiger partial charge is 0.463 e. The first kappa shape index (κ1) is 22.4. The molecule has 1 fully saturated rings. The van der Waals surface area contributed by atoms with Crippen molar-refractivity contribution >= 4 is 23.6 Å². The standard InChI is InChI=1S/C19H24FNO8/c1-10(22)25-9-15-17(26-11(2)23)18(27-12(3)24)16(20)19(29-15)28-14-7-5-13(21-4)6-8-14/h5-8,15-19,21H,9H2,1-4H3/t15-,16-,17-,18-,19-/m1/s1. The highest BCUT2D eigenvalue weighted by Crippen LogP contribution is 2.31. The summed E-state index contributed by atoms with van der Waals surface area (Å²) in [5, 5.41) is 2.94. The summed E-state index contributed by atoms with van der Waals surface area (Å²) in [6.07, 6.45) is -7.40. The van der Waals surface area contributed by atoms with E-state index in [1.165, 1.54) is 6.92 Å². The molecule has 5 atom stereocenters. The summed E-state index contributed by atoms with van der Waals surface area (Å²) in [4.78, 5) is 34.2. The van der Waals surface area contributed by atoms with Gasteiger partial charge in [0.25, 0.3) is 0 Å². The molecule has 0 aromatic heterocycles. The van der Waals surface area contributed by atoms with Gasteiger partial charge in [0.1, 0.15) is 18.5 Å². The van der Waals surface area contributed by atoms with Crippen LogP contribution in [-0.4, -0.2) is 62.3 Å². The molecular formula is C19H24FNO8. The summed E-state index contributed by atoms with van der Waals surface area (Å²) < 4.78 is 41.4. The number of carbonyl (C=O) groups is 3. The summed E-state index contributed by atoms with van der Waals surface area (Å²) in [5.41, 5.74) is 0.819. The van der Waals surface area contributed by atoms with Gasteiger partial charge in [-0.25, -0.2) is 4.39 Å². The predicted molar refractivity (Wildman–Crippen MR) is 97.9 cm³/mol. The Labute approximate surface area is 167 Å². The van der Waals surface area contributed by atoms with E-state index in [9.17, 15) is 14.4 Å². The highest BCUT2D eigenvalue weighted by atomic mass is 19.1. The van der Waals surface area contributed by atoms with Gasteiger partial charge in [-0.3, -0.25) is 14.4 Å². The second-order valence-corrected chi connectivity index (χ2v) is 6.33. The minimum absolute atomic E-state index is 0.301. The molecule has 0 radical (unpaired) electrons. The van der Waals surface area contributed by atoms with Crippen LogP contribution in [0.3, 0.4) is 0 Å². The molecule has 1 aliphatic rings. The first-order valence-corrected chi connectivity index (χ1v) is 8.93. The molecule has 1 N–H and O–H groups in total. The highest BCUT2D eigenvalue weighted by Gasteiger charge is 2.52. The Bertz CT molecular complexity index is 725. The fourth-order valence-electron chi connectivity index (χ4n) is 2.79. The zero-order valence-corrected chi connectivity index (χ0v) is 16.5. The number of benzene rings is 1. The van der Waals surface area contributed by atoms with Crippen LogP contribution >= 0.6 is 0 Å². The maximum absolute atomic E-state index is 15.1. The third-order valence-corrected chi connectivity index (χ3v) is 4.02. The molecule has 1 aromatic rings. The minimum Gasteiger partial charge on any atom is -0.463 e. The summed E-state index contributed by atoms with van der Waals surface area (Å²) in [5.74, 6) is -1.82. The van der Waals surface area contributed by atoms with Crippen molar-refractivity contribution in [3.8, 4) is 5.75 Å². The fourth-order valence-corrected chi connectivity index (χ4v) is 2.79. The lowest BCUT2D eigenvalue weighted by Gasteiger charge is -2.41. The predicted octanol–water partition coefficient (Wildman–Crippen LogP) is 1.60. The molecule has 1 heterocycles. The van der Waals surface area contributed by atoms with Crippen LogP contribution in [0.15, 0.2) is 24.3 Å². The summed E-state index contributed by atoms with van der Waals surface area (Å²) in [6, 6.07) is 6.63. The van der Waals surface area contributed by atoms with Crippen LogP contribution in [0.1, 0.15) is 20.8 Å². The van der Waals surface area contributed by atoms with E-state index >= 15 is 4.39 Å². The first-order chi connectivity index (χ1) is 13.7. The number of nitrogens with one attached hydrogen (secondary N) is 1. The van der Waals surface area contributed by atoms with E-state index in [-0.39, 0.29) is 6.61 Å². The average molecular weight is 413 g/mol. The Balaban J connectivity index is 2.27. The van der Waals surface area contributed by atoms with E-state index in [1.807, 2.05) is 0 Å². The van der Waals surface area contributed by atoms with Crippen LogP contribution in [-0.2, 0) is 33.3 Å². The first-order valence-electron chi connectivity index (χ1n) is 8.93. The van der Waals surface area contributed by atoms with Crippen LogP contribution in [0.25, 0.3) is 0 Å². The molecule has 0 unspecified atom stereocenters. The second-order valence-electron chi connectivity index (χ2n) is 6.33. The van der Waals surface area contributed by atoms with Crippen molar-refractivity contribution in [1.82, 2.24) is 0 Å². The van der Waals surface area contributed by atoms with Crippen molar-refractivity contribution in [1.29, 1.82) is 0 Å². The van der Waals surface area contributed by atoms with Gasteiger partial charge in [-0.05, 0) is 24.3 Å². The lowest BCUT2D eigenvalue weighted by Crippen LogP contribution is -2.61. The third-order valence-electron chi connectivity index (χ3n) is 4.02. The topological polar surface area (TPSA) is 109 Å². The Morgan fingerprint density at radius 2 is 1.59 bits per heavy atom. The number of carbonyl (C=O) groups excluding carboxylic acids is 3. The molecule has 1 saturated heterocycles. The van der Waals surface area contributed by atoms with Crippen molar-refractivity contribution in [3.05, 3.63) is 24.3 Å². The smallest absolute Gasteiger partial charge is 0.303 e. The van der Waals surface area contributed by atoms with Crippen molar-refractivity contribution in [2.24, 2.45) is 0 Å². The Morgan fingerprint density at radius 3 is 2.10 bits per heavy atom. The number of rotatable bonds is 7. The van der Waals surface area contributed by atoms with Crippen molar-refractivity contribution < 1.29 is 42.5 Å². The van der Waals surface area contributed by atoms with E-state index in [0.717, 1.165) is 19.5 Å². The van der Waals surface area contributed by atoms with Crippen molar-refractivity contribution in [2.45, 2.75) is 51.5 Å². The summed E-state index contributed by atoms with van der Waals surface area (Å²) in [6.45, 7) is 3.05. The van der Waals surface area contributed by atoms with E-state index in [2.05, 4.69) is 5.32 Å². The van der Waals surface area contributed by atoms with Gasteiger partial charge in [0, 0.05) is 33.5 Å². The van der Waals surface area contributed by atoms with Gasteiger partial charge in [0.15, 0.2) is 12.2 Å². The van der Waals surface area contributed by atoms with E-state index < -0.39 is 48.7 Å². The molecule has 0 aliphatic carbocycles. The Morgan fingerprint density at radius 1 is 1.00 bits per heavy atom. The number of esters is 3. The number of anilines is 1. The van der Waals surface area contributed by atoms with Gasteiger partial charge in [-0.15, -0.1) is 0 Å². The molecule has 0 saturated carbocycles. The van der Waals surface area contributed by atoms with Gasteiger partial charge in [-0.2, -0.15) is 0 Å². The average Bonchev–Trinajstić information content (AvgIpc) is 2.65. The molecule has 29 heavy (non-hydrogen) atoms. The highest BCUT2D eigenvalue weighted by molar-refractivity contribution is 5.68. The SMILES string of the molecule is CNc1ccc(O[C@@H]2O[C@H](COC(C)=O)[C@@H](OC(C)=O)[C@H](OC(C)=O)[C@H]2F)cc1. The normalized spacial score (nSPS) is 26.2. The number of alkyl halides is 1. The maximum atomic E-state index is 15.1. The zero-order valence-electron chi connectivity index (χ0n) is 16.5. The van der Waals surface area contributed by atoms with E-state index in [1.54, 1.807) is 31.3 Å². The number of halogens is 1. The maximum Gasteiger partial charge on any atom is 0.303 e. The molecule has 0 spiro atoms. The lowest BCUT2D eigenvalue weighted by molar-refractivity contribution is -0.271. The molecule has 0 amide bonds. The molecule has 1 aliphatic heterocycles. The minimum atomic E-state index is -1.97. The Hall–Kier alpha value is -2.88. The van der Waals surface area contributed by atoms with Crippen LogP contribution in [0.2, 0.25) is 0 Å². The molecular weight excluding hydrogens is 389 g/mol. The molecule has 10 heteroatoms. The van der Waals surface area contributed by atoms with Gasteiger partial charge in [-0.1, -0.05) is 0 Å². The summed E-state index contributed by atoms with van der Waals surface area (Å²) >= 11 is 0. The van der Waals surface area contributed by atoms with Crippen molar-refractivity contribution in [3.63, 3.8) is 0 Å². The number of ether oxygens (including phenoxy) is 5. The fraction of sp³-hybridized carbons (Fsp3) is 0.526. The monoisotopic (exact) mass is 413 g/mol.